The molecule has 3 N–H and O–H groups in total. The maximum absolute atomic E-state index is 11.8. The fraction of sp³-hybridized carbons (Fsp3) is 0.867. The second-order valence-corrected chi connectivity index (χ2v) is 6.81. The molecule has 0 radical (unpaired) electrons. The van der Waals surface area contributed by atoms with Crippen molar-refractivity contribution in [2.45, 2.75) is 44.6 Å². The molecule has 1 unspecified atom stereocenters. The zero-order chi connectivity index (χ0) is 13.4. The molecule has 4 aliphatic carbocycles. The first kappa shape index (κ1) is 12.9. The van der Waals surface area contributed by atoms with E-state index >= 15 is 0 Å². The Bertz CT molecular complexity index is 373. The van der Waals surface area contributed by atoms with E-state index < -0.39 is 6.04 Å². The highest BCUT2D eigenvalue weighted by Crippen LogP contribution is 2.57. The van der Waals surface area contributed by atoms with Crippen molar-refractivity contribution in [3.63, 3.8) is 0 Å². The van der Waals surface area contributed by atoms with Gasteiger partial charge in [0.1, 0.15) is 6.54 Å². The van der Waals surface area contributed by atoms with E-state index in [1.54, 1.807) is 0 Å². The molecule has 0 aromatic rings. The van der Waals surface area contributed by atoms with Gasteiger partial charge in [-0.05, 0) is 68.1 Å². The summed E-state index contributed by atoms with van der Waals surface area (Å²) < 4.78 is 0. The smallest absolute Gasteiger partial charge is 0.237 e. The highest BCUT2D eigenvalue weighted by molar-refractivity contribution is 5.81. The standard InChI is InChI=1S/C15H23N3O/c16-1-2-18-15(19)14(17)8-13-11-4-9-3-10(6-11)7-12(13)5-9/h9-14H,2-8,17H2,(H,18,19). The van der Waals surface area contributed by atoms with E-state index in [1.807, 2.05) is 6.07 Å². The molecule has 4 heteroatoms. The summed E-state index contributed by atoms with van der Waals surface area (Å²) in [5.74, 6) is 4.04. The molecule has 19 heavy (non-hydrogen) atoms. The molecule has 0 aromatic carbocycles. The number of rotatable bonds is 4. The summed E-state index contributed by atoms with van der Waals surface area (Å²) in [5, 5.41) is 11.1. The van der Waals surface area contributed by atoms with Crippen molar-refractivity contribution in [2.24, 2.45) is 35.3 Å². The van der Waals surface area contributed by atoms with Crippen LogP contribution < -0.4 is 11.1 Å². The van der Waals surface area contributed by atoms with Gasteiger partial charge in [-0.1, -0.05) is 0 Å². The molecule has 1 atom stereocenters. The predicted molar refractivity (Wildman–Crippen MR) is 71.8 cm³/mol. The van der Waals surface area contributed by atoms with Gasteiger partial charge in [0, 0.05) is 0 Å². The Morgan fingerprint density at radius 1 is 1.21 bits per heavy atom. The minimum Gasteiger partial charge on any atom is -0.342 e. The van der Waals surface area contributed by atoms with E-state index in [4.69, 9.17) is 11.0 Å². The molecule has 0 spiro atoms. The lowest BCUT2D eigenvalue weighted by molar-refractivity contribution is -0.123. The second kappa shape index (κ2) is 5.13. The maximum atomic E-state index is 11.8. The largest absolute Gasteiger partial charge is 0.342 e. The van der Waals surface area contributed by atoms with Gasteiger partial charge in [0.05, 0.1) is 12.1 Å². The van der Waals surface area contributed by atoms with Gasteiger partial charge in [-0.2, -0.15) is 5.26 Å². The summed E-state index contributed by atoms with van der Waals surface area (Å²) in [7, 11) is 0. The maximum Gasteiger partial charge on any atom is 0.237 e. The Labute approximate surface area is 114 Å². The molecule has 0 saturated heterocycles. The van der Waals surface area contributed by atoms with Gasteiger partial charge >= 0.3 is 0 Å². The van der Waals surface area contributed by atoms with Crippen LogP contribution in [0.25, 0.3) is 0 Å². The molecule has 4 saturated carbocycles. The lowest BCUT2D eigenvalue weighted by atomic mass is 9.51. The molecule has 4 bridgehead atoms. The number of hydrogen-bond acceptors (Lipinski definition) is 3. The topological polar surface area (TPSA) is 78.9 Å². The Morgan fingerprint density at radius 3 is 2.32 bits per heavy atom. The van der Waals surface area contributed by atoms with Crippen molar-refractivity contribution < 1.29 is 4.79 Å². The third-order valence-electron chi connectivity index (χ3n) is 5.63. The van der Waals surface area contributed by atoms with Gasteiger partial charge in [-0.25, -0.2) is 0 Å². The predicted octanol–water partition coefficient (Wildman–Crippen LogP) is 1.42. The molecule has 4 rings (SSSR count). The molecule has 0 aromatic heterocycles. The van der Waals surface area contributed by atoms with Crippen LogP contribution in [0.3, 0.4) is 0 Å². The van der Waals surface area contributed by atoms with Crippen LogP contribution in [0.1, 0.15) is 38.5 Å². The average molecular weight is 261 g/mol. The lowest BCUT2D eigenvalue weighted by Gasteiger charge is -2.55. The average Bonchev–Trinajstić information content (AvgIpc) is 2.39. The van der Waals surface area contributed by atoms with Crippen molar-refractivity contribution in [1.82, 2.24) is 5.32 Å². The van der Waals surface area contributed by atoms with Crippen LogP contribution in [0, 0.1) is 40.9 Å². The zero-order valence-electron chi connectivity index (χ0n) is 11.3. The van der Waals surface area contributed by atoms with Gasteiger partial charge in [-0.15, -0.1) is 0 Å². The number of nitrogens with zero attached hydrogens (tertiary/aromatic N) is 1. The van der Waals surface area contributed by atoms with Crippen molar-refractivity contribution in [3.05, 3.63) is 0 Å². The minimum absolute atomic E-state index is 0.0637. The monoisotopic (exact) mass is 261 g/mol. The van der Waals surface area contributed by atoms with Crippen LogP contribution in [-0.2, 0) is 4.79 Å². The number of amides is 1. The molecule has 4 aliphatic rings. The molecule has 1 amide bonds. The summed E-state index contributed by atoms with van der Waals surface area (Å²) in [5.41, 5.74) is 6.02. The fourth-order valence-corrected chi connectivity index (χ4v) is 5.08. The van der Waals surface area contributed by atoms with Gasteiger partial charge in [-0.3, -0.25) is 4.79 Å². The van der Waals surface area contributed by atoms with Crippen LogP contribution >= 0.6 is 0 Å². The summed E-state index contributed by atoms with van der Waals surface area (Å²) in [6.07, 6.45) is 7.73. The van der Waals surface area contributed by atoms with Gasteiger partial charge in [0.25, 0.3) is 0 Å². The van der Waals surface area contributed by atoms with Crippen LogP contribution in [-0.4, -0.2) is 18.5 Å². The molecule has 0 aliphatic heterocycles. The van der Waals surface area contributed by atoms with Crippen LogP contribution in [0.4, 0.5) is 0 Å². The highest BCUT2D eigenvalue weighted by Gasteiger charge is 2.48. The SMILES string of the molecule is N#CCNC(=O)C(N)CC1C2CC3CC(C2)CC1C3. The molecule has 4 fully saturated rings. The van der Waals surface area contributed by atoms with Gasteiger partial charge in [0.15, 0.2) is 0 Å². The summed E-state index contributed by atoms with van der Waals surface area (Å²) in [4.78, 5) is 11.8. The van der Waals surface area contributed by atoms with Crippen molar-refractivity contribution >= 4 is 5.91 Å². The number of carbonyl (C=O) groups excluding carboxylic acids is 1. The number of nitrogens with one attached hydrogen (secondary N) is 1. The molecular weight excluding hydrogens is 238 g/mol. The van der Waals surface area contributed by atoms with Crippen LogP contribution in [0.5, 0.6) is 0 Å². The van der Waals surface area contributed by atoms with Crippen molar-refractivity contribution in [2.75, 3.05) is 6.54 Å². The van der Waals surface area contributed by atoms with Gasteiger partial charge < -0.3 is 11.1 Å². The Hall–Kier alpha value is -1.08. The lowest BCUT2D eigenvalue weighted by Crippen LogP contribution is -2.49. The molecule has 0 heterocycles. The first-order chi connectivity index (χ1) is 9.17. The molecular formula is C15H23N3O. The number of carbonyl (C=O) groups is 1. The first-order valence-electron chi connectivity index (χ1n) is 7.57. The van der Waals surface area contributed by atoms with Crippen molar-refractivity contribution in [1.29, 1.82) is 5.26 Å². The van der Waals surface area contributed by atoms with E-state index in [0.717, 1.165) is 30.1 Å². The zero-order valence-corrected chi connectivity index (χ0v) is 11.3. The fourth-order valence-electron chi connectivity index (χ4n) is 5.08. The summed E-state index contributed by atoms with van der Waals surface area (Å²) >= 11 is 0. The normalized spacial score (nSPS) is 40.7. The van der Waals surface area contributed by atoms with E-state index in [0.29, 0.717) is 5.92 Å². The van der Waals surface area contributed by atoms with Gasteiger partial charge in [0.2, 0.25) is 5.91 Å². The Kier molecular flexibility index (Phi) is 3.49. The summed E-state index contributed by atoms with van der Waals surface area (Å²) in [6.45, 7) is 0.0637. The summed E-state index contributed by atoms with van der Waals surface area (Å²) in [6, 6.07) is 1.49. The quantitative estimate of drug-likeness (QED) is 0.751. The van der Waals surface area contributed by atoms with Crippen LogP contribution in [0.2, 0.25) is 0 Å². The molecule has 4 nitrogen and oxygen atoms in total. The number of hydrogen-bond donors (Lipinski definition) is 2. The number of nitriles is 1. The third kappa shape index (κ3) is 2.49. The van der Waals surface area contributed by atoms with Crippen LogP contribution in [0.15, 0.2) is 0 Å². The first-order valence-corrected chi connectivity index (χ1v) is 7.57. The van der Waals surface area contributed by atoms with E-state index in [-0.39, 0.29) is 12.5 Å². The highest BCUT2D eigenvalue weighted by atomic mass is 16.2. The third-order valence-corrected chi connectivity index (χ3v) is 5.63. The van der Waals surface area contributed by atoms with E-state index in [9.17, 15) is 4.79 Å². The minimum atomic E-state index is -0.434. The molecule has 104 valence electrons. The van der Waals surface area contributed by atoms with E-state index in [2.05, 4.69) is 5.32 Å². The Balaban J connectivity index is 1.58. The number of nitrogens with two attached hydrogens (primary N) is 1. The van der Waals surface area contributed by atoms with Crippen molar-refractivity contribution in [3.8, 4) is 6.07 Å². The van der Waals surface area contributed by atoms with E-state index in [1.165, 1.54) is 32.1 Å². The second-order valence-electron chi connectivity index (χ2n) is 6.81. The Morgan fingerprint density at radius 2 is 1.79 bits per heavy atom.